The molecule has 6 heteroatoms. The molecule has 0 unspecified atom stereocenters. The molecule has 0 aliphatic heterocycles. The maximum absolute atomic E-state index is 12.1. The first kappa shape index (κ1) is 29.4. The highest BCUT2D eigenvalue weighted by atomic mass is 35.5. The van der Waals surface area contributed by atoms with Gasteiger partial charge in [-0.3, -0.25) is 9.59 Å². The molecule has 2 N–H and O–H groups in total. The zero-order valence-corrected chi connectivity index (χ0v) is 20.5. The summed E-state index contributed by atoms with van der Waals surface area (Å²) in [6.07, 6.45) is 17.7. The van der Waals surface area contributed by atoms with Crippen molar-refractivity contribution in [2.75, 3.05) is 10.6 Å². The molecule has 0 radical (unpaired) electrons. The third-order valence-corrected chi connectivity index (χ3v) is 5.30. The zero-order valence-electron chi connectivity index (χ0n) is 19.7. The molecule has 31 heavy (non-hydrogen) atoms. The number of pyridine rings is 1. The highest BCUT2D eigenvalue weighted by Gasteiger charge is 2.07. The van der Waals surface area contributed by atoms with Crippen LogP contribution in [0.2, 0.25) is 0 Å². The van der Waals surface area contributed by atoms with Crippen LogP contribution in [-0.4, -0.2) is 16.8 Å². The predicted octanol–water partition coefficient (Wildman–Crippen LogP) is 7.66. The molecule has 1 aromatic rings. The minimum absolute atomic E-state index is 0. The van der Waals surface area contributed by atoms with E-state index in [0.29, 0.717) is 24.5 Å². The minimum Gasteiger partial charge on any atom is -0.311 e. The van der Waals surface area contributed by atoms with Crippen molar-refractivity contribution >= 4 is 35.9 Å². The number of anilines is 2. The molecular formula is C25H44ClN3O2. The molecule has 0 fully saturated rings. The van der Waals surface area contributed by atoms with Gasteiger partial charge < -0.3 is 10.6 Å². The largest absolute Gasteiger partial charge is 0.311 e. The number of halogens is 1. The Morgan fingerprint density at radius 2 is 1.00 bits per heavy atom. The summed E-state index contributed by atoms with van der Waals surface area (Å²) in [6, 6.07) is 5.32. The molecule has 5 nitrogen and oxygen atoms in total. The normalized spacial score (nSPS) is 10.4. The van der Waals surface area contributed by atoms with E-state index in [0.717, 1.165) is 25.7 Å². The van der Waals surface area contributed by atoms with Crippen LogP contribution in [-0.2, 0) is 9.59 Å². The number of carbonyl (C=O) groups is 2. The van der Waals surface area contributed by atoms with Gasteiger partial charge in [-0.15, -0.1) is 12.4 Å². The smallest absolute Gasteiger partial charge is 0.225 e. The Labute approximate surface area is 196 Å². The Hall–Kier alpha value is -1.62. The van der Waals surface area contributed by atoms with Gasteiger partial charge in [0.1, 0.15) is 11.6 Å². The monoisotopic (exact) mass is 453 g/mol. The first-order valence-corrected chi connectivity index (χ1v) is 12.2. The molecular weight excluding hydrogens is 410 g/mol. The second-order valence-corrected chi connectivity index (χ2v) is 8.25. The fraction of sp³-hybridized carbons (Fsp3) is 0.720. The zero-order chi connectivity index (χ0) is 21.9. The standard InChI is InChI=1S/C25H43N3O2.ClH/c1-3-5-7-9-11-13-15-20-24(29)27-22-18-17-19-23(26-22)28-25(30)21-16-14-12-10-8-6-4-2;/h17-19H,3-16,20-21H2,1-2H3,(H2,26,27,28,29,30);1H. The second kappa shape index (κ2) is 20.3. The molecule has 0 aliphatic rings. The molecule has 0 bridgehead atoms. The molecule has 0 aromatic carbocycles. The lowest BCUT2D eigenvalue weighted by molar-refractivity contribution is -0.117. The number of unbranched alkanes of at least 4 members (excludes halogenated alkanes) is 12. The van der Waals surface area contributed by atoms with E-state index < -0.39 is 0 Å². The Morgan fingerprint density at radius 1 is 0.645 bits per heavy atom. The number of rotatable bonds is 18. The van der Waals surface area contributed by atoms with Gasteiger partial charge in [-0.2, -0.15) is 0 Å². The maximum atomic E-state index is 12.1. The van der Waals surface area contributed by atoms with Gasteiger partial charge in [-0.1, -0.05) is 97.0 Å². The second-order valence-electron chi connectivity index (χ2n) is 8.25. The Balaban J connectivity index is 0.00000900. The molecule has 1 aromatic heterocycles. The summed E-state index contributed by atoms with van der Waals surface area (Å²) in [4.78, 5) is 28.6. The Morgan fingerprint density at radius 3 is 1.39 bits per heavy atom. The van der Waals surface area contributed by atoms with E-state index in [1.807, 2.05) is 0 Å². The van der Waals surface area contributed by atoms with Gasteiger partial charge in [0, 0.05) is 12.8 Å². The summed E-state index contributed by atoms with van der Waals surface area (Å²) in [5, 5.41) is 5.68. The fourth-order valence-electron chi connectivity index (χ4n) is 3.47. The lowest BCUT2D eigenvalue weighted by Crippen LogP contribution is -2.15. The van der Waals surface area contributed by atoms with Crippen LogP contribution in [0.4, 0.5) is 11.6 Å². The fourth-order valence-corrected chi connectivity index (χ4v) is 3.47. The molecule has 1 rings (SSSR count). The number of aromatic nitrogens is 1. The predicted molar refractivity (Wildman–Crippen MR) is 134 cm³/mol. The van der Waals surface area contributed by atoms with Crippen LogP contribution >= 0.6 is 12.4 Å². The Kier molecular flexibility index (Phi) is 19.2. The summed E-state index contributed by atoms with van der Waals surface area (Å²) in [6.45, 7) is 4.44. The van der Waals surface area contributed by atoms with Crippen LogP contribution in [0.15, 0.2) is 18.2 Å². The van der Waals surface area contributed by atoms with Gasteiger partial charge in [0.15, 0.2) is 0 Å². The quantitative estimate of drug-likeness (QED) is 0.224. The summed E-state index contributed by atoms with van der Waals surface area (Å²) in [7, 11) is 0. The van der Waals surface area contributed by atoms with Crippen molar-refractivity contribution < 1.29 is 9.59 Å². The number of carbonyl (C=O) groups excluding carboxylic acids is 2. The van der Waals surface area contributed by atoms with E-state index in [2.05, 4.69) is 29.5 Å². The van der Waals surface area contributed by atoms with Gasteiger partial charge in [0.2, 0.25) is 11.8 Å². The molecule has 178 valence electrons. The van der Waals surface area contributed by atoms with E-state index in [9.17, 15) is 9.59 Å². The average molecular weight is 454 g/mol. The first-order valence-electron chi connectivity index (χ1n) is 12.2. The summed E-state index contributed by atoms with van der Waals surface area (Å²) < 4.78 is 0. The van der Waals surface area contributed by atoms with E-state index >= 15 is 0 Å². The molecule has 1 heterocycles. The number of nitrogens with zero attached hydrogens (tertiary/aromatic N) is 1. The van der Waals surface area contributed by atoms with Gasteiger partial charge in [0.05, 0.1) is 0 Å². The van der Waals surface area contributed by atoms with Gasteiger partial charge in [-0.25, -0.2) is 4.98 Å². The SMILES string of the molecule is CCCCCCCCCC(=O)Nc1cccc(NC(=O)CCCCCCCCC)n1.Cl. The van der Waals surface area contributed by atoms with Gasteiger partial charge in [0.25, 0.3) is 0 Å². The first-order chi connectivity index (χ1) is 14.7. The van der Waals surface area contributed by atoms with Crippen molar-refractivity contribution in [3.05, 3.63) is 18.2 Å². The highest BCUT2D eigenvalue weighted by molar-refractivity contribution is 5.91. The molecule has 0 spiro atoms. The average Bonchev–Trinajstić information content (AvgIpc) is 2.72. The van der Waals surface area contributed by atoms with Crippen molar-refractivity contribution in [1.29, 1.82) is 0 Å². The molecule has 0 saturated heterocycles. The minimum atomic E-state index is -0.0115. The van der Waals surface area contributed by atoms with E-state index in [1.165, 1.54) is 64.2 Å². The van der Waals surface area contributed by atoms with Crippen LogP contribution in [0.3, 0.4) is 0 Å². The third kappa shape index (κ3) is 16.7. The van der Waals surface area contributed by atoms with Crippen molar-refractivity contribution in [3.8, 4) is 0 Å². The summed E-state index contributed by atoms with van der Waals surface area (Å²) >= 11 is 0. The summed E-state index contributed by atoms with van der Waals surface area (Å²) in [5.74, 6) is 0.971. The number of amides is 2. The van der Waals surface area contributed by atoms with Gasteiger partial charge >= 0.3 is 0 Å². The Bertz CT molecular complexity index is 549. The van der Waals surface area contributed by atoms with Crippen LogP contribution in [0, 0.1) is 0 Å². The van der Waals surface area contributed by atoms with Crippen molar-refractivity contribution in [3.63, 3.8) is 0 Å². The molecule has 0 saturated carbocycles. The lowest BCUT2D eigenvalue weighted by Gasteiger charge is -2.08. The third-order valence-electron chi connectivity index (χ3n) is 5.30. The highest BCUT2D eigenvalue weighted by Crippen LogP contribution is 2.13. The van der Waals surface area contributed by atoms with Crippen LogP contribution in [0.5, 0.6) is 0 Å². The number of nitrogens with one attached hydrogen (secondary N) is 2. The van der Waals surface area contributed by atoms with Crippen LogP contribution in [0.25, 0.3) is 0 Å². The van der Waals surface area contributed by atoms with Crippen LogP contribution in [0.1, 0.15) is 117 Å². The van der Waals surface area contributed by atoms with E-state index in [4.69, 9.17) is 0 Å². The number of hydrogen-bond donors (Lipinski definition) is 2. The van der Waals surface area contributed by atoms with Crippen molar-refractivity contribution in [1.82, 2.24) is 4.98 Å². The topological polar surface area (TPSA) is 71.1 Å². The van der Waals surface area contributed by atoms with E-state index in [-0.39, 0.29) is 24.2 Å². The molecule has 0 atom stereocenters. The van der Waals surface area contributed by atoms with E-state index in [1.54, 1.807) is 18.2 Å². The van der Waals surface area contributed by atoms with Crippen molar-refractivity contribution in [2.45, 2.75) is 117 Å². The lowest BCUT2D eigenvalue weighted by atomic mass is 10.1. The van der Waals surface area contributed by atoms with Crippen LogP contribution < -0.4 is 10.6 Å². The summed E-state index contributed by atoms with van der Waals surface area (Å²) in [5.41, 5.74) is 0. The van der Waals surface area contributed by atoms with Gasteiger partial charge in [-0.05, 0) is 25.0 Å². The maximum Gasteiger partial charge on any atom is 0.225 e. The van der Waals surface area contributed by atoms with Crippen molar-refractivity contribution in [2.24, 2.45) is 0 Å². The molecule has 0 aliphatic carbocycles. The number of hydrogen-bond acceptors (Lipinski definition) is 3. The molecule has 2 amide bonds.